The molecule has 1 atom stereocenters. The third kappa shape index (κ3) is 2.30. The van der Waals surface area contributed by atoms with E-state index in [2.05, 4.69) is 52.5 Å². The molecule has 0 saturated carbocycles. The van der Waals surface area contributed by atoms with Crippen LogP contribution in [0.15, 0.2) is 40.2 Å². The topological polar surface area (TPSA) is 26.0 Å². The fourth-order valence-corrected chi connectivity index (χ4v) is 2.99. The number of hydrogen-bond donors (Lipinski definition) is 1. The summed E-state index contributed by atoms with van der Waals surface area (Å²) in [6.45, 7) is 2.07. The second-order valence-corrected chi connectivity index (χ2v) is 5.35. The normalized spacial score (nSPS) is 12.7. The molecule has 0 aliphatic heterocycles. The molecule has 2 aromatic rings. The van der Waals surface area contributed by atoms with E-state index in [1.165, 1.54) is 10.4 Å². The van der Waals surface area contributed by atoms with Gasteiger partial charge >= 0.3 is 0 Å². The molecule has 0 aliphatic rings. The highest BCUT2D eigenvalue weighted by molar-refractivity contribution is 9.10. The zero-order chi connectivity index (χ0) is 10.8. The Bertz CT molecular complexity index is 451. The van der Waals surface area contributed by atoms with Crippen molar-refractivity contribution in [1.82, 2.24) is 0 Å². The molecular weight excluding hydrogens is 270 g/mol. The van der Waals surface area contributed by atoms with Crippen LogP contribution >= 0.6 is 27.3 Å². The van der Waals surface area contributed by atoms with Crippen molar-refractivity contribution >= 4 is 27.3 Å². The number of aryl methyl sites for hydroxylation is 1. The summed E-state index contributed by atoms with van der Waals surface area (Å²) < 4.78 is 1.09. The molecule has 0 fully saturated rings. The molecule has 78 valence electrons. The van der Waals surface area contributed by atoms with Crippen LogP contribution in [0.4, 0.5) is 0 Å². The van der Waals surface area contributed by atoms with Gasteiger partial charge in [0.05, 0.1) is 6.04 Å². The zero-order valence-corrected chi connectivity index (χ0v) is 10.8. The van der Waals surface area contributed by atoms with Crippen LogP contribution in [0.1, 0.15) is 22.0 Å². The SMILES string of the molecule is Cc1ccc(C(N)c2cccs2)c(Br)c1. The average Bonchev–Trinajstić information content (AvgIpc) is 2.69. The Morgan fingerprint density at radius 1 is 1.33 bits per heavy atom. The van der Waals surface area contributed by atoms with Crippen molar-refractivity contribution in [3.05, 3.63) is 56.2 Å². The van der Waals surface area contributed by atoms with Gasteiger partial charge < -0.3 is 5.73 Å². The van der Waals surface area contributed by atoms with Crippen molar-refractivity contribution in [3.8, 4) is 0 Å². The van der Waals surface area contributed by atoms with Gasteiger partial charge in [0.15, 0.2) is 0 Å². The number of thiophene rings is 1. The maximum Gasteiger partial charge on any atom is 0.0657 e. The number of benzene rings is 1. The van der Waals surface area contributed by atoms with Crippen molar-refractivity contribution in [2.24, 2.45) is 5.73 Å². The molecule has 1 unspecified atom stereocenters. The Labute approximate surface area is 102 Å². The van der Waals surface area contributed by atoms with Crippen LogP contribution in [0.3, 0.4) is 0 Å². The molecule has 1 nitrogen and oxygen atoms in total. The van der Waals surface area contributed by atoms with Gasteiger partial charge in [-0.2, -0.15) is 0 Å². The maximum atomic E-state index is 6.19. The van der Waals surface area contributed by atoms with Gasteiger partial charge in [0.25, 0.3) is 0 Å². The third-order valence-corrected chi connectivity index (χ3v) is 3.98. The van der Waals surface area contributed by atoms with Gasteiger partial charge in [-0.1, -0.05) is 34.1 Å². The van der Waals surface area contributed by atoms with Gasteiger partial charge in [-0.15, -0.1) is 11.3 Å². The number of hydrogen-bond acceptors (Lipinski definition) is 2. The van der Waals surface area contributed by atoms with E-state index in [-0.39, 0.29) is 6.04 Å². The van der Waals surface area contributed by atoms with E-state index in [9.17, 15) is 0 Å². The van der Waals surface area contributed by atoms with Gasteiger partial charge in [-0.3, -0.25) is 0 Å². The standard InChI is InChI=1S/C12H12BrNS/c1-8-4-5-9(10(13)7-8)12(14)11-3-2-6-15-11/h2-7,12H,14H2,1H3. The number of rotatable bonds is 2. The quantitative estimate of drug-likeness (QED) is 0.889. The summed E-state index contributed by atoms with van der Waals surface area (Å²) in [5, 5.41) is 2.05. The molecule has 1 aromatic carbocycles. The van der Waals surface area contributed by atoms with Crippen LogP contribution in [-0.2, 0) is 0 Å². The highest BCUT2D eigenvalue weighted by Crippen LogP contribution is 2.29. The second kappa shape index (κ2) is 4.47. The smallest absolute Gasteiger partial charge is 0.0657 e. The van der Waals surface area contributed by atoms with Crippen molar-refractivity contribution in [2.45, 2.75) is 13.0 Å². The molecule has 2 N–H and O–H groups in total. The second-order valence-electron chi connectivity index (χ2n) is 3.52. The summed E-state index contributed by atoms with van der Waals surface area (Å²) in [7, 11) is 0. The van der Waals surface area contributed by atoms with E-state index in [0.29, 0.717) is 0 Å². The van der Waals surface area contributed by atoms with Crippen LogP contribution in [0, 0.1) is 6.92 Å². The minimum atomic E-state index is -0.0278. The van der Waals surface area contributed by atoms with Crippen LogP contribution in [-0.4, -0.2) is 0 Å². The Morgan fingerprint density at radius 2 is 2.13 bits per heavy atom. The minimum Gasteiger partial charge on any atom is -0.320 e. The molecule has 1 heterocycles. The number of halogens is 1. The summed E-state index contributed by atoms with van der Waals surface area (Å²) in [6.07, 6.45) is 0. The van der Waals surface area contributed by atoms with Crippen molar-refractivity contribution in [2.75, 3.05) is 0 Å². The first-order valence-electron chi connectivity index (χ1n) is 4.73. The van der Waals surface area contributed by atoms with Gasteiger partial charge in [-0.05, 0) is 35.6 Å². The molecular formula is C12H12BrNS. The van der Waals surface area contributed by atoms with E-state index < -0.39 is 0 Å². The first kappa shape index (κ1) is 10.9. The van der Waals surface area contributed by atoms with Gasteiger partial charge in [0, 0.05) is 9.35 Å². The monoisotopic (exact) mass is 281 g/mol. The lowest BCUT2D eigenvalue weighted by Gasteiger charge is -2.12. The highest BCUT2D eigenvalue weighted by Gasteiger charge is 2.12. The van der Waals surface area contributed by atoms with Crippen molar-refractivity contribution in [3.63, 3.8) is 0 Å². The van der Waals surface area contributed by atoms with Crippen LogP contribution in [0.25, 0.3) is 0 Å². The summed E-state index contributed by atoms with van der Waals surface area (Å²) >= 11 is 5.25. The Morgan fingerprint density at radius 3 is 2.73 bits per heavy atom. The minimum absolute atomic E-state index is 0.0278. The summed E-state index contributed by atoms with van der Waals surface area (Å²) in [5.74, 6) is 0. The largest absolute Gasteiger partial charge is 0.320 e. The van der Waals surface area contributed by atoms with E-state index in [4.69, 9.17) is 5.73 Å². The van der Waals surface area contributed by atoms with Crippen molar-refractivity contribution in [1.29, 1.82) is 0 Å². The van der Waals surface area contributed by atoms with Gasteiger partial charge in [-0.25, -0.2) is 0 Å². The van der Waals surface area contributed by atoms with E-state index in [1.54, 1.807) is 11.3 Å². The lowest BCUT2D eigenvalue weighted by atomic mass is 10.0. The molecule has 0 bridgehead atoms. The lowest BCUT2D eigenvalue weighted by Crippen LogP contribution is -2.10. The fourth-order valence-electron chi connectivity index (χ4n) is 1.51. The molecule has 0 amide bonds. The van der Waals surface area contributed by atoms with Crippen LogP contribution in [0.2, 0.25) is 0 Å². The Hall–Kier alpha value is -0.640. The van der Waals surface area contributed by atoms with Gasteiger partial charge in [0.2, 0.25) is 0 Å². The molecule has 0 spiro atoms. The first-order chi connectivity index (χ1) is 7.18. The Kier molecular flexibility index (Phi) is 3.24. The molecule has 3 heteroatoms. The maximum absolute atomic E-state index is 6.19. The summed E-state index contributed by atoms with van der Waals surface area (Å²) in [6, 6.07) is 10.4. The lowest BCUT2D eigenvalue weighted by molar-refractivity contribution is 0.886. The molecule has 2 rings (SSSR count). The predicted molar refractivity (Wildman–Crippen MR) is 69.2 cm³/mol. The number of nitrogens with two attached hydrogens (primary N) is 1. The molecule has 15 heavy (non-hydrogen) atoms. The summed E-state index contributed by atoms with van der Waals surface area (Å²) in [4.78, 5) is 1.19. The Balaban J connectivity index is 2.38. The van der Waals surface area contributed by atoms with Crippen LogP contribution < -0.4 is 5.73 Å². The third-order valence-electron chi connectivity index (χ3n) is 2.34. The summed E-state index contributed by atoms with van der Waals surface area (Å²) in [5.41, 5.74) is 8.57. The van der Waals surface area contributed by atoms with Crippen molar-refractivity contribution < 1.29 is 0 Å². The molecule has 0 aliphatic carbocycles. The van der Waals surface area contributed by atoms with Crippen LogP contribution in [0.5, 0.6) is 0 Å². The van der Waals surface area contributed by atoms with Gasteiger partial charge in [0.1, 0.15) is 0 Å². The van der Waals surface area contributed by atoms with E-state index >= 15 is 0 Å². The fraction of sp³-hybridized carbons (Fsp3) is 0.167. The molecule has 1 aromatic heterocycles. The zero-order valence-electron chi connectivity index (χ0n) is 8.41. The highest BCUT2D eigenvalue weighted by atomic mass is 79.9. The molecule has 0 radical (unpaired) electrons. The average molecular weight is 282 g/mol. The molecule has 0 saturated heterocycles. The first-order valence-corrected chi connectivity index (χ1v) is 6.41. The van der Waals surface area contributed by atoms with E-state index in [1.807, 2.05) is 6.07 Å². The van der Waals surface area contributed by atoms with E-state index in [0.717, 1.165) is 10.0 Å². The predicted octanol–water partition coefficient (Wildman–Crippen LogP) is 3.87.